The van der Waals surface area contributed by atoms with E-state index in [9.17, 15) is 10.0 Å². The molecule has 0 unspecified atom stereocenters. The maximum atomic E-state index is 11.9. The number of hydrogen-bond donors (Lipinski definition) is 1. The molecule has 0 radical (unpaired) electrons. The molecule has 3 heteroatoms. The molecule has 2 aromatic carbocycles. The lowest BCUT2D eigenvalue weighted by Gasteiger charge is -2.12. The predicted octanol–water partition coefficient (Wildman–Crippen LogP) is 4.27. The molecule has 2 rings (SSSR count). The molecule has 0 aliphatic rings. The van der Waals surface area contributed by atoms with Gasteiger partial charge in [0, 0.05) is 5.56 Å². The first-order valence-corrected chi connectivity index (χ1v) is 7.95. The first-order chi connectivity index (χ1) is 11.2. The van der Waals surface area contributed by atoms with Gasteiger partial charge in [-0.05, 0) is 48.9 Å². The summed E-state index contributed by atoms with van der Waals surface area (Å²) in [5.41, 5.74) is 3.07. The Labute approximate surface area is 137 Å². The smallest absolute Gasteiger partial charge is 0.277 e. The van der Waals surface area contributed by atoms with E-state index in [1.165, 1.54) is 17.2 Å². The Bertz CT molecular complexity index is 620. The lowest BCUT2D eigenvalue weighted by molar-refractivity contribution is -0.0493. The summed E-state index contributed by atoms with van der Waals surface area (Å²) in [4.78, 5) is 11.9. The maximum absolute atomic E-state index is 11.9. The number of carbonyl (C=O) groups excluding carboxylic acids is 1. The normalized spacial score (nSPS) is 10.3. The largest absolute Gasteiger partial charge is 0.285 e. The minimum atomic E-state index is -0.402. The molecule has 1 amide bonds. The van der Waals surface area contributed by atoms with Crippen LogP contribution in [0.15, 0.2) is 67.3 Å². The van der Waals surface area contributed by atoms with E-state index >= 15 is 0 Å². The molecule has 0 aliphatic heterocycles. The summed E-state index contributed by atoms with van der Waals surface area (Å²) in [6, 6.07) is 17.9. The summed E-state index contributed by atoms with van der Waals surface area (Å²) in [6.07, 6.45) is 5.84. The van der Waals surface area contributed by atoms with Gasteiger partial charge in [0.25, 0.3) is 5.91 Å². The Hall–Kier alpha value is -2.39. The molecule has 1 N–H and O–H groups in total. The number of carbonyl (C=O) groups is 1. The Morgan fingerprint density at radius 1 is 0.957 bits per heavy atom. The zero-order valence-corrected chi connectivity index (χ0v) is 13.3. The second kappa shape index (κ2) is 8.91. The second-order valence-corrected chi connectivity index (χ2v) is 5.57. The Morgan fingerprint density at radius 3 is 2.09 bits per heavy atom. The molecule has 0 saturated heterocycles. The summed E-state index contributed by atoms with van der Waals surface area (Å²) >= 11 is 0. The van der Waals surface area contributed by atoms with Crippen molar-refractivity contribution in [3.63, 3.8) is 0 Å². The fraction of sp³-hybridized carbons (Fsp3) is 0.250. The standard InChI is InChI=1S/C20H23NO2/c1-2-16-21(23)20(22)19-14-12-18(13-15-19)11-7-6-10-17-8-4-3-5-9-17/h2-5,8-9,12-15,23H,1,6-7,10-11,16H2. The highest BCUT2D eigenvalue weighted by atomic mass is 16.5. The van der Waals surface area contributed by atoms with Gasteiger partial charge in [-0.2, -0.15) is 0 Å². The van der Waals surface area contributed by atoms with Crippen molar-refractivity contribution in [3.8, 4) is 0 Å². The third kappa shape index (κ3) is 5.38. The third-order valence-electron chi connectivity index (χ3n) is 3.76. The zero-order chi connectivity index (χ0) is 16.5. The number of rotatable bonds is 8. The first kappa shape index (κ1) is 17.0. The van der Waals surface area contributed by atoms with Gasteiger partial charge in [0.15, 0.2) is 0 Å². The predicted molar refractivity (Wildman–Crippen MR) is 92.5 cm³/mol. The van der Waals surface area contributed by atoms with E-state index in [1.54, 1.807) is 12.1 Å². The van der Waals surface area contributed by atoms with E-state index in [0.29, 0.717) is 10.6 Å². The highest BCUT2D eigenvalue weighted by Gasteiger charge is 2.11. The van der Waals surface area contributed by atoms with Crippen LogP contribution in [0, 0.1) is 0 Å². The van der Waals surface area contributed by atoms with Crippen molar-refractivity contribution in [2.45, 2.75) is 25.7 Å². The van der Waals surface area contributed by atoms with Crippen LogP contribution in [-0.2, 0) is 12.8 Å². The van der Waals surface area contributed by atoms with E-state index in [2.05, 4.69) is 30.8 Å². The molecule has 120 valence electrons. The average Bonchev–Trinajstić information content (AvgIpc) is 2.60. The van der Waals surface area contributed by atoms with E-state index in [4.69, 9.17) is 0 Å². The van der Waals surface area contributed by atoms with Gasteiger partial charge in [-0.3, -0.25) is 10.0 Å². The molecule has 0 saturated carbocycles. The molecule has 0 aliphatic carbocycles. The fourth-order valence-electron chi connectivity index (χ4n) is 2.47. The monoisotopic (exact) mass is 309 g/mol. The Kier molecular flexibility index (Phi) is 6.57. The van der Waals surface area contributed by atoms with Crippen molar-refractivity contribution in [1.82, 2.24) is 5.06 Å². The highest BCUT2D eigenvalue weighted by molar-refractivity contribution is 5.93. The van der Waals surface area contributed by atoms with Crippen LogP contribution >= 0.6 is 0 Å². The minimum absolute atomic E-state index is 0.125. The van der Waals surface area contributed by atoms with E-state index in [0.717, 1.165) is 25.7 Å². The minimum Gasteiger partial charge on any atom is -0.285 e. The number of hydrogen-bond acceptors (Lipinski definition) is 2. The van der Waals surface area contributed by atoms with Crippen molar-refractivity contribution >= 4 is 5.91 Å². The highest BCUT2D eigenvalue weighted by Crippen LogP contribution is 2.11. The number of unbranched alkanes of at least 4 members (excludes halogenated alkanes) is 1. The average molecular weight is 309 g/mol. The van der Waals surface area contributed by atoms with Gasteiger partial charge in [-0.25, -0.2) is 5.06 Å². The molecule has 23 heavy (non-hydrogen) atoms. The molecule has 2 aromatic rings. The zero-order valence-electron chi connectivity index (χ0n) is 13.3. The molecule has 0 aromatic heterocycles. The molecule has 3 nitrogen and oxygen atoms in total. The van der Waals surface area contributed by atoms with Gasteiger partial charge < -0.3 is 0 Å². The van der Waals surface area contributed by atoms with Crippen LogP contribution in [0.2, 0.25) is 0 Å². The van der Waals surface area contributed by atoms with Crippen molar-refractivity contribution in [3.05, 3.63) is 83.9 Å². The van der Waals surface area contributed by atoms with Gasteiger partial charge in [0.05, 0.1) is 6.54 Å². The van der Waals surface area contributed by atoms with Gasteiger partial charge in [-0.1, -0.05) is 48.5 Å². The van der Waals surface area contributed by atoms with Crippen LogP contribution in [0.4, 0.5) is 0 Å². The van der Waals surface area contributed by atoms with Gasteiger partial charge >= 0.3 is 0 Å². The van der Waals surface area contributed by atoms with Crippen LogP contribution < -0.4 is 0 Å². The van der Waals surface area contributed by atoms with E-state index < -0.39 is 5.91 Å². The Balaban J connectivity index is 1.78. The number of hydroxylamine groups is 2. The van der Waals surface area contributed by atoms with Crippen LogP contribution in [0.1, 0.15) is 34.3 Å². The topological polar surface area (TPSA) is 40.5 Å². The quantitative estimate of drug-likeness (QED) is 0.342. The molecular weight excluding hydrogens is 286 g/mol. The fourth-order valence-corrected chi connectivity index (χ4v) is 2.47. The van der Waals surface area contributed by atoms with Crippen LogP contribution in [0.25, 0.3) is 0 Å². The van der Waals surface area contributed by atoms with E-state index in [-0.39, 0.29) is 6.54 Å². The molecule has 0 heterocycles. The van der Waals surface area contributed by atoms with Crippen molar-refractivity contribution in [1.29, 1.82) is 0 Å². The summed E-state index contributed by atoms with van der Waals surface area (Å²) in [5, 5.41) is 10.2. The summed E-state index contributed by atoms with van der Waals surface area (Å²) < 4.78 is 0. The summed E-state index contributed by atoms with van der Waals surface area (Å²) in [7, 11) is 0. The van der Waals surface area contributed by atoms with Crippen molar-refractivity contribution < 1.29 is 10.0 Å². The summed E-state index contributed by atoms with van der Waals surface area (Å²) in [5.74, 6) is -0.402. The summed E-state index contributed by atoms with van der Waals surface area (Å²) in [6.45, 7) is 3.63. The van der Waals surface area contributed by atoms with Gasteiger partial charge in [0.2, 0.25) is 0 Å². The molecule has 0 bridgehead atoms. The van der Waals surface area contributed by atoms with Crippen LogP contribution in [0.5, 0.6) is 0 Å². The van der Waals surface area contributed by atoms with Crippen molar-refractivity contribution in [2.75, 3.05) is 6.54 Å². The molecule has 0 spiro atoms. The second-order valence-electron chi connectivity index (χ2n) is 5.57. The lowest BCUT2D eigenvalue weighted by atomic mass is 10.0. The Morgan fingerprint density at radius 2 is 1.52 bits per heavy atom. The molecule has 0 fully saturated rings. The first-order valence-electron chi connectivity index (χ1n) is 7.95. The van der Waals surface area contributed by atoms with Gasteiger partial charge in [0.1, 0.15) is 0 Å². The number of nitrogens with zero attached hydrogens (tertiary/aromatic N) is 1. The van der Waals surface area contributed by atoms with Crippen LogP contribution in [-0.4, -0.2) is 22.7 Å². The van der Waals surface area contributed by atoms with Crippen LogP contribution in [0.3, 0.4) is 0 Å². The number of aryl methyl sites for hydroxylation is 2. The molecular formula is C20H23NO2. The maximum Gasteiger partial charge on any atom is 0.277 e. The molecule has 0 atom stereocenters. The lowest BCUT2D eigenvalue weighted by Crippen LogP contribution is -2.27. The van der Waals surface area contributed by atoms with Gasteiger partial charge in [-0.15, -0.1) is 6.58 Å². The third-order valence-corrected chi connectivity index (χ3v) is 3.76. The number of amides is 1. The number of benzene rings is 2. The van der Waals surface area contributed by atoms with E-state index in [1.807, 2.05) is 18.2 Å². The van der Waals surface area contributed by atoms with Crippen molar-refractivity contribution in [2.24, 2.45) is 0 Å². The SMILES string of the molecule is C=CCN(O)C(=O)c1ccc(CCCCc2ccccc2)cc1.